The van der Waals surface area contributed by atoms with Crippen LogP contribution >= 0.6 is 0 Å². The molecule has 0 aromatic carbocycles. The number of carbonyl (C=O) groups excluding carboxylic acids is 1. The number of carbonyl (C=O) groups is 1. The van der Waals surface area contributed by atoms with Crippen molar-refractivity contribution in [2.75, 3.05) is 19.8 Å². The predicted molar refractivity (Wildman–Crippen MR) is 70.1 cm³/mol. The van der Waals surface area contributed by atoms with Crippen LogP contribution in [0.5, 0.6) is 0 Å². The number of hydrogen-bond donors (Lipinski definition) is 4. The molecule has 0 saturated carbocycles. The van der Waals surface area contributed by atoms with Gasteiger partial charge < -0.3 is 34.6 Å². The first-order chi connectivity index (χ1) is 9.88. The number of hydrogen-bond acceptors (Lipinski definition) is 8. The zero-order valence-corrected chi connectivity index (χ0v) is 11.8. The zero-order chi connectivity index (χ0) is 16.0. The molecule has 0 amide bonds. The lowest BCUT2D eigenvalue weighted by Crippen LogP contribution is -2.59. The molecule has 1 aliphatic rings. The SMILES string of the molecule is C=C(C)C(=O)OCCCOC1O[C@H](CO)[C@@H](O)[C@H](O)[C@H]1O. The van der Waals surface area contributed by atoms with Gasteiger partial charge in [0.15, 0.2) is 6.29 Å². The molecular weight excluding hydrogens is 284 g/mol. The van der Waals surface area contributed by atoms with E-state index in [1.165, 1.54) is 6.92 Å². The van der Waals surface area contributed by atoms with E-state index < -0.39 is 43.3 Å². The molecule has 0 aliphatic carbocycles. The number of rotatable bonds is 7. The summed E-state index contributed by atoms with van der Waals surface area (Å²) in [6.45, 7) is 4.68. The van der Waals surface area contributed by atoms with E-state index in [9.17, 15) is 20.1 Å². The normalized spacial score (nSPS) is 32.7. The van der Waals surface area contributed by atoms with Crippen LogP contribution in [0.3, 0.4) is 0 Å². The summed E-state index contributed by atoms with van der Waals surface area (Å²) in [6.07, 6.45) is -6.13. The molecule has 0 aromatic rings. The minimum absolute atomic E-state index is 0.103. The van der Waals surface area contributed by atoms with Crippen molar-refractivity contribution in [2.45, 2.75) is 44.1 Å². The van der Waals surface area contributed by atoms with Gasteiger partial charge >= 0.3 is 5.97 Å². The first-order valence-electron chi connectivity index (χ1n) is 6.63. The molecule has 1 unspecified atom stereocenters. The molecule has 8 heteroatoms. The van der Waals surface area contributed by atoms with Crippen molar-refractivity contribution in [3.63, 3.8) is 0 Å². The van der Waals surface area contributed by atoms with E-state index in [0.29, 0.717) is 12.0 Å². The Balaban J connectivity index is 2.31. The van der Waals surface area contributed by atoms with Gasteiger partial charge in [0, 0.05) is 12.0 Å². The Bertz CT molecular complexity index is 356. The maximum Gasteiger partial charge on any atom is 0.333 e. The summed E-state index contributed by atoms with van der Waals surface area (Å²) >= 11 is 0. The highest BCUT2D eigenvalue weighted by molar-refractivity contribution is 5.86. The average molecular weight is 306 g/mol. The molecule has 0 spiro atoms. The number of aliphatic hydroxyl groups excluding tert-OH is 4. The highest BCUT2D eigenvalue weighted by Crippen LogP contribution is 2.21. The van der Waals surface area contributed by atoms with E-state index in [4.69, 9.17) is 19.3 Å². The van der Waals surface area contributed by atoms with Crippen molar-refractivity contribution in [3.05, 3.63) is 12.2 Å². The van der Waals surface area contributed by atoms with Crippen LogP contribution in [0.4, 0.5) is 0 Å². The molecule has 4 N–H and O–H groups in total. The molecule has 1 rings (SSSR count). The van der Waals surface area contributed by atoms with Crippen LogP contribution in [0.2, 0.25) is 0 Å². The zero-order valence-electron chi connectivity index (χ0n) is 11.8. The van der Waals surface area contributed by atoms with Crippen LogP contribution in [-0.2, 0) is 19.0 Å². The van der Waals surface area contributed by atoms with Gasteiger partial charge in [-0.3, -0.25) is 0 Å². The molecule has 0 radical (unpaired) electrons. The maximum atomic E-state index is 11.1. The third-order valence-corrected chi connectivity index (χ3v) is 3.00. The van der Waals surface area contributed by atoms with E-state index in [2.05, 4.69) is 6.58 Å². The minimum Gasteiger partial charge on any atom is -0.462 e. The van der Waals surface area contributed by atoms with Crippen molar-refractivity contribution < 1.29 is 39.4 Å². The van der Waals surface area contributed by atoms with Gasteiger partial charge in [0.1, 0.15) is 24.4 Å². The Morgan fingerprint density at radius 1 is 1.19 bits per heavy atom. The van der Waals surface area contributed by atoms with Gasteiger partial charge in [0.05, 0.1) is 19.8 Å². The predicted octanol–water partition coefficient (Wildman–Crippen LogP) is -1.69. The second kappa shape index (κ2) is 8.42. The topological polar surface area (TPSA) is 126 Å². The van der Waals surface area contributed by atoms with Crippen LogP contribution in [-0.4, -0.2) is 76.9 Å². The van der Waals surface area contributed by atoms with E-state index in [-0.39, 0.29) is 13.2 Å². The van der Waals surface area contributed by atoms with Crippen molar-refractivity contribution in [1.29, 1.82) is 0 Å². The third-order valence-electron chi connectivity index (χ3n) is 3.00. The molecule has 0 aromatic heterocycles. The number of ether oxygens (including phenoxy) is 3. The quantitative estimate of drug-likeness (QED) is 0.249. The van der Waals surface area contributed by atoms with Crippen LogP contribution in [0.1, 0.15) is 13.3 Å². The fraction of sp³-hybridized carbons (Fsp3) is 0.769. The van der Waals surface area contributed by atoms with Gasteiger partial charge in [-0.25, -0.2) is 4.79 Å². The first-order valence-corrected chi connectivity index (χ1v) is 6.63. The Morgan fingerprint density at radius 2 is 1.86 bits per heavy atom. The summed E-state index contributed by atoms with van der Waals surface area (Å²) in [5.41, 5.74) is 0.296. The second-order valence-corrected chi connectivity index (χ2v) is 4.84. The Kier molecular flexibility index (Phi) is 7.23. The van der Waals surface area contributed by atoms with E-state index >= 15 is 0 Å². The van der Waals surface area contributed by atoms with E-state index in [1.807, 2.05) is 0 Å². The second-order valence-electron chi connectivity index (χ2n) is 4.84. The van der Waals surface area contributed by atoms with E-state index in [0.717, 1.165) is 0 Å². The summed E-state index contributed by atoms with van der Waals surface area (Å²) < 4.78 is 15.2. The minimum atomic E-state index is -1.47. The summed E-state index contributed by atoms with van der Waals surface area (Å²) in [5.74, 6) is -0.497. The molecule has 1 fully saturated rings. The van der Waals surface area contributed by atoms with Crippen LogP contribution < -0.4 is 0 Å². The molecule has 21 heavy (non-hydrogen) atoms. The average Bonchev–Trinajstić information content (AvgIpc) is 2.46. The van der Waals surface area contributed by atoms with Gasteiger partial charge in [-0.2, -0.15) is 0 Å². The first kappa shape index (κ1) is 18.0. The largest absolute Gasteiger partial charge is 0.462 e. The smallest absolute Gasteiger partial charge is 0.333 e. The van der Waals surface area contributed by atoms with Crippen LogP contribution in [0.25, 0.3) is 0 Å². The molecule has 122 valence electrons. The van der Waals surface area contributed by atoms with Gasteiger partial charge in [0.2, 0.25) is 0 Å². The molecule has 1 saturated heterocycles. The fourth-order valence-corrected chi connectivity index (χ4v) is 1.75. The summed E-state index contributed by atoms with van der Waals surface area (Å²) in [6, 6.07) is 0. The molecule has 5 atom stereocenters. The van der Waals surface area contributed by atoms with Crippen molar-refractivity contribution >= 4 is 5.97 Å². The van der Waals surface area contributed by atoms with Gasteiger partial charge in [-0.05, 0) is 6.92 Å². The molecule has 0 bridgehead atoms. The monoisotopic (exact) mass is 306 g/mol. The standard InChI is InChI=1S/C13H22O8/c1-7(2)12(18)19-4-3-5-20-13-11(17)10(16)9(15)8(6-14)21-13/h8-11,13-17H,1,3-6H2,2H3/t8-,9-,10+,11-,13?/m1/s1. The summed E-state index contributed by atoms with van der Waals surface area (Å²) in [7, 11) is 0. The Labute approximate surface area is 122 Å². The maximum absolute atomic E-state index is 11.1. The number of esters is 1. The lowest BCUT2D eigenvalue weighted by Gasteiger charge is -2.39. The molecule has 1 aliphatic heterocycles. The Hall–Kier alpha value is -1.03. The van der Waals surface area contributed by atoms with Gasteiger partial charge in [-0.15, -0.1) is 0 Å². The highest BCUT2D eigenvalue weighted by atomic mass is 16.7. The summed E-state index contributed by atoms with van der Waals surface area (Å²) in [4.78, 5) is 11.1. The van der Waals surface area contributed by atoms with Crippen LogP contribution in [0, 0.1) is 0 Å². The molecule has 8 nitrogen and oxygen atoms in total. The van der Waals surface area contributed by atoms with Crippen molar-refractivity contribution in [1.82, 2.24) is 0 Å². The van der Waals surface area contributed by atoms with Crippen LogP contribution in [0.15, 0.2) is 12.2 Å². The lowest BCUT2D eigenvalue weighted by atomic mass is 9.99. The van der Waals surface area contributed by atoms with Gasteiger partial charge in [-0.1, -0.05) is 6.58 Å². The summed E-state index contributed by atoms with van der Waals surface area (Å²) in [5, 5.41) is 37.8. The highest BCUT2D eigenvalue weighted by Gasteiger charge is 2.43. The van der Waals surface area contributed by atoms with Gasteiger partial charge in [0.25, 0.3) is 0 Å². The lowest BCUT2D eigenvalue weighted by molar-refractivity contribution is -0.301. The molecule has 1 heterocycles. The van der Waals surface area contributed by atoms with Crippen molar-refractivity contribution in [3.8, 4) is 0 Å². The Morgan fingerprint density at radius 3 is 2.43 bits per heavy atom. The number of aliphatic hydroxyl groups is 4. The fourth-order valence-electron chi connectivity index (χ4n) is 1.75. The third kappa shape index (κ3) is 5.03. The van der Waals surface area contributed by atoms with E-state index in [1.54, 1.807) is 0 Å². The van der Waals surface area contributed by atoms with Crippen molar-refractivity contribution in [2.24, 2.45) is 0 Å². The molecular formula is C13H22O8.